The molecule has 1 aliphatic heterocycles. The summed E-state index contributed by atoms with van der Waals surface area (Å²) < 4.78 is 38.2. The van der Waals surface area contributed by atoms with Gasteiger partial charge in [0.2, 0.25) is 0 Å². The molecular formula is C53H65NO14Si. The number of ketones is 1. The van der Waals surface area contributed by atoms with Gasteiger partial charge in [-0.2, -0.15) is 0 Å². The minimum Gasteiger partial charge on any atom is -0.456 e. The Balaban J connectivity index is 1.44. The van der Waals surface area contributed by atoms with Crippen LogP contribution in [0, 0.1) is 16.7 Å². The molecule has 11 atom stereocenters. The lowest BCUT2D eigenvalue weighted by atomic mass is 9.44. The van der Waals surface area contributed by atoms with E-state index in [1.807, 2.05) is 33.9 Å². The number of ether oxygens (including phenoxy) is 5. The SMILES string of the molecule is CC(=O)O[C@H]1C(=O)[C@@]2(C)C([C@H](OC(=O)c3ccccc3)[C@]3(O)C[C@H](OC(=O)[C@H](O[Si](C)(C)C(C)(C)C)C(NC(=O)c4ccccc4)c4ccccc4)C(C)=C1C3(C)C)[C@]1(OC(C)=O)CO[C@@H]1C[C@@H]2O. The summed E-state index contributed by atoms with van der Waals surface area (Å²) in [6, 6.07) is 24.2. The zero-order chi connectivity index (χ0) is 50.6. The van der Waals surface area contributed by atoms with Crippen molar-refractivity contribution in [3.05, 3.63) is 119 Å². The molecule has 1 heterocycles. The third kappa shape index (κ3) is 8.98. The monoisotopic (exact) mass is 967 g/mol. The molecule has 69 heavy (non-hydrogen) atoms. The van der Waals surface area contributed by atoms with E-state index in [4.69, 9.17) is 28.1 Å². The van der Waals surface area contributed by atoms with Gasteiger partial charge in [0.25, 0.3) is 5.91 Å². The highest BCUT2D eigenvalue weighted by molar-refractivity contribution is 6.74. The first-order valence-corrected chi connectivity index (χ1v) is 26.3. The molecule has 0 spiro atoms. The van der Waals surface area contributed by atoms with Gasteiger partial charge in [0.1, 0.15) is 23.9 Å². The quantitative estimate of drug-likeness (QED) is 0.0741. The zero-order valence-corrected chi connectivity index (χ0v) is 42.2. The van der Waals surface area contributed by atoms with Gasteiger partial charge >= 0.3 is 23.9 Å². The standard InChI is InChI=1S/C53H65NO14Si/c1-30-36(65-48(61)42(68-69(10,11)49(4,5)6)40(33-21-15-12-16-22-33)54-46(59)34-23-17-13-18-24-34)28-53(62)45(66-47(60)35-25-19-14-20-26-35)43-51(9,37(57)27-38-52(43,29-63-38)67-32(3)56)44(58)41(64-31(2)55)39(30)50(53,7)8/h12-26,36-38,40-43,45,57,62H,27-29H2,1-11H3,(H,54,59)/t36-,37-,38+,40?,41+,42+,43?,45-,51+,52-,53+/m0/s1. The Morgan fingerprint density at radius 2 is 1.39 bits per heavy atom. The highest BCUT2D eigenvalue weighted by atomic mass is 28.4. The molecule has 3 aromatic rings. The lowest BCUT2D eigenvalue weighted by Crippen LogP contribution is -2.82. The summed E-state index contributed by atoms with van der Waals surface area (Å²) in [6.45, 7) is 18.2. The summed E-state index contributed by atoms with van der Waals surface area (Å²) in [5, 5.41) is 28.8. The van der Waals surface area contributed by atoms with Crippen LogP contribution in [0.25, 0.3) is 0 Å². The van der Waals surface area contributed by atoms with Crippen LogP contribution in [0.15, 0.2) is 102 Å². The van der Waals surface area contributed by atoms with Crippen LogP contribution < -0.4 is 5.32 Å². The molecule has 2 unspecified atom stereocenters. The van der Waals surface area contributed by atoms with E-state index in [0.717, 1.165) is 6.92 Å². The molecule has 370 valence electrons. The van der Waals surface area contributed by atoms with Crippen LogP contribution in [0.3, 0.4) is 0 Å². The third-order valence-corrected chi connectivity index (χ3v) is 20.1. The summed E-state index contributed by atoms with van der Waals surface area (Å²) in [5.41, 5.74) is -6.59. The Morgan fingerprint density at radius 3 is 1.91 bits per heavy atom. The first-order valence-electron chi connectivity index (χ1n) is 23.4. The number of Topliss-reactive ketones (excluding diaryl/α,β-unsaturated/α-hetero) is 1. The van der Waals surface area contributed by atoms with E-state index in [9.17, 15) is 29.4 Å². The van der Waals surface area contributed by atoms with E-state index >= 15 is 9.59 Å². The van der Waals surface area contributed by atoms with Gasteiger partial charge in [0.15, 0.2) is 31.9 Å². The molecule has 3 aliphatic carbocycles. The number of aliphatic hydroxyl groups is 2. The zero-order valence-electron chi connectivity index (χ0n) is 41.2. The molecule has 1 saturated heterocycles. The van der Waals surface area contributed by atoms with Gasteiger partial charge in [-0.3, -0.25) is 19.2 Å². The second kappa shape index (κ2) is 18.7. The minimum atomic E-state index is -2.93. The van der Waals surface area contributed by atoms with Crippen molar-refractivity contribution in [3.8, 4) is 0 Å². The Morgan fingerprint density at radius 1 is 0.826 bits per heavy atom. The van der Waals surface area contributed by atoms with Crippen molar-refractivity contribution in [1.29, 1.82) is 0 Å². The Hall–Kier alpha value is -5.52. The predicted octanol–water partition coefficient (Wildman–Crippen LogP) is 6.77. The van der Waals surface area contributed by atoms with Crippen LogP contribution in [0.5, 0.6) is 0 Å². The van der Waals surface area contributed by atoms with E-state index in [0.29, 0.717) is 11.1 Å². The second-order valence-electron chi connectivity index (χ2n) is 21.2. The van der Waals surface area contributed by atoms with Crippen molar-refractivity contribution in [2.24, 2.45) is 16.7 Å². The molecule has 3 fully saturated rings. The molecule has 7 rings (SSSR count). The maximum absolute atomic E-state index is 15.8. The van der Waals surface area contributed by atoms with Gasteiger partial charge in [0.05, 0.1) is 35.6 Å². The number of aliphatic hydroxyl groups excluding tert-OH is 1. The van der Waals surface area contributed by atoms with Crippen molar-refractivity contribution in [1.82, 2.24) is 5.32 Å². The lowest BCUT2D eigenvalue weighted by Gasteiger charge is -2.67. The molecule has 2 bridgehead atoms. The molecule has 0 radical (unpaired) electrons. The van der Waals surface area contributed by atoms with Gasteiger partial charge in [-0.05, 0) is 73.0 Å². The van der Waals surface area contributed by atoms with Crippen LogP contribution in [0.2, 0.25) is 18.1 Å². The summed E-state index contributed by atoms with van der Waals surface area (Å²) in [7, 11) is -2.93. The van der Waals surface area contributed by atoms with Crippen LogP contribution in [-0.4, -0.2) is 109 Å². The van der Waals surface area contributed by atoms with Crippen LogP contribution in [-0.2, 0) is 47.3 Å². The normalized spacial score (nSPS) is 30.4. The molecule has 0 aromatic heterocycles. The summed E-state index contributed by atoms with van der Waals surface area (Å²) in [4.78, 5) is 86.2. The Labute approximate surface area is 404 Å². The van der Waals surface area contributed by atoms with Crippen LogP contribution in [0.1, 0.15) is 107 Å². The number of carbonyl (C=O) groups excluding carboxylic acids is 6. The third-order valence-electron chi connectivity index (χ3n) is 15.7. The topological polar surface area (TPSA) is 210 Å². The molecular weight excluding hydrogens is 903 g/mol. The second-order valence-corrected chi connectivity index (χ2v) is 26.0. The highest BCUT2D eigenvalue weighted by Crippen LogP contribution is 2.64. The number of rotatable bonds is 12. The van der Waals surface area contributed by atoms with Crippen LogP contribution >= 0.6 is 0 Å². The van der Waals surface area contributed by atoms with Crippen molar-refractivity contribution in [3.63, 3.8) is 0 Å². The number of benzene rings is 3. The molecule has 3 aromatic carbocycles. The van der Waals surface area contributed by atoms with Gasteiger partial charge in [0, 0.05) is 37.7 Å². The van der Waals surface area contributed by atoms with Gasteiger partial charge < -0.3 is 43.6 Å². The van der Waals surface area contributed by atoms with E-state index in [1.54, 1.807) is 99.6 Å². The maximum Gasteiger partial charge on any atom is 0.338 e. The maximum atomic E-state index is 15.8. The van der Waals surface area contributed by atoms with Crippen molar-refractivity contribution >= 4 is 43.9 Å². The van der Waals surface area contributed by atoms with Crippen molar-refractivity contribution < 1.29 is 67.1 Å². The highest BCUT2D eigenvalue weighted by Gasteiger charge is 2.78. The van der Waals surface area contributed by atoms with E-state index in [1.165, 1.54) is 26.0 Å². The molecule has 4 aliphatic rings. The van der Waals surface area contributed by atoms with Gasteiger partial charge in [-0.25, -0.2) is 9.59 Å². The fraction of sp³-hybridized carbons (Fsp3) is 0.509. The molecule has 16 heteroatoms. The van der Waals surface area contributed by atoms with Crippen molar-refractivity contribution in [2.75, 3.05) is 6.61 Å². The number of hydrogen-bond donors (Lipinski definition) is 3. The first-order chi connectivity index (χ1) is 32.2. The van der Waals surface area contributed by atoms with E-state index < -0.39 is 126 Å². The number of hydrogen-bond acceptors (Lipinski definition) is 14. The van der Waals surface area contributed by atoms with Crippen molar-refractivity contribution in [2.45, 2.75) is 147 Å². The minimum absolute atomic E-state index is 0.0502. The summed E-state index contributed by atoms with van der Waals surface area (Å²) in [6.07, 6.45) is -9.79. The molecule has 3 N–H and O–H groups in total. The lowest BCUT2D eigenvalue weighted by molar-refractivity contribution is -0.346. The van der Waals surface area contributed by atoms with E-state index in [2.05, 4.69) is 5.32 Å². The number of amides is 1. The average molecular weight is 968 g/mol. The fourth-order valence-corrected chi connectivity index (χ4v) is 12.0. The number of fused-ring (bicyclic) bond motifs is 5. The Kier molecular flexibility index (Phi) is 13.9. The molecule has 2 saturated carbocycles. The first kappa shape index (κ1) is 51.3. The fourth-order valence-electron chi connectivity index (χ4n) is 10.8. The predicted molar refractivity (Wildman–Crippen MR) is 254 cm³/mol. The largest absolute Gasteiger partial charge is 0.456 e. The van der Waals surface area contributed by atoms with Gasteiger partial charge in [-0.1, -0.05) is 101 Å². The Bertz CT molecular complexity index is 2510. The van der Waals surface area contributed by atoms with Crippen LogP contribution in [0.4, 0.5) is 0 Å². The number of nitrogens with one attached hydrogen (secondary N) is 1. The number of carbonyl (C=O) groups is 6. The smallest absolute Gasteiger partial charge is 0.338 e. The van der Waals surface area contributed by atoms with Gasteiger partial charge in [-0.15, -0.1) is 0 Å². The summed E-state index contributed by atoms with van der Waals surface area (Å²) >= 11 is 0. The molecule has 1 amide bonds. The average Bonchev–Trinajstić information content (AvgIpc) is 3.28. The van der Waals surface area contributed by atoms with E-state index in [-0.39, 0.29) is 29.7 Å². The summed E-state index contributed by atoms with van der Waals surface area (Å²) in [5.74, 6) is -6.32. The molecule has 15 nitrogen and oxygen atoms in total. The number of esters is 4.